The first-order chi connectivity index (χ1) is 19.4. The van der Waals surface area contributed by atoms with E-state index in [9.17, 15) is 9.59 Å². The number of carbonyl (C=O) groups excluding carboxylic acids is 2. The second kappa shape index (κ2) is 10.9. The van der Waals surface area contributed by atoms with Gasteiger partial charge in [-0.1, -0.05) is 17.7 Å². The number of aromatic amines is 1. The first-order valence-corrected chi connectivity index (χ1v) is 13.5. The van der Waals surface area contributed by atoms with Gasteiger partial charge in [0.05, 0.1) is 24.7 Å². The number of fused-ring (bicyclic) bond motifs is 1. The number of amides is 2. The van der Waals surface area contributed by atoms with E-state index in [1.54, 1.807) is 46.4 Å². The molecule has 5 heterocycles. The Morgan fingerprint density at radius 2 is 1.95 bits per heavy atom. The van der Waals surface area contributed by atoms with Crippen molar-refractivity contribution in [3.63, 3.8) is 0 Å². The van der Waals surface area contributed by atoms with E-state index in [1.165, 1.54) is 0 Å². The van der Waals surface area contributed by atoms with Gasteiger partial charge in [-0.2, -0.15) is 5.10 Å². The predicted molar refractivity (Wildman–Crippen MR) is 149 cm³/mol. The van der Waals surface area contributed by atoms with Crippen LogP contribution in [0.15, 0.2) is 53.5 Å². The van der Waals surface area contributed by atoms with Crippen molar-refractivity contribution in [2.24, 2.45) is 7.05 Å². The number of nitrogens with zero attached hydrogens (tertiary/aromatic N) is 6. The van der Waals surface area contributed by atoms with Crippen molar-refractivity contribution in [2.75, 3.05) is 19.6 Å². The molecule has 1 aliphatic rings. The Balaban J connectivity index is 1.13. The van der Waals surface area contributed by atoms with Gasteiger partial charge in [0.15, 0.2) is 0 Å². The van der Waals surface area contributed by atoms with Crippen LogP contribution in [0.5, 0.6) is 0 Å². The van der Waals surface area contributed by atoms with Crippen molar-refractivity contribution in [2.45, 2.75) is 25.7 Å². The standard InChI is InChI=1S/C28H27ClN8O3/c1-36-16-20(13-33-36)19-9-21-22(14-31-26(21)30-12-19)28-35-34-24(40-28)11-17-5-6-18(10-23(17)29)27(39)32-15-25(38)37-7-3-2-4-8-37/h5-6,9-10,12-14,16H,2-4,7-8,11,15H2,1H3,(H,30,31)(H,32,39). The lowest BCUT2D eigenvalue weighted by molar-refractivity contribution is -0.130. The van der Waals surface area contributed by atoms with Gasteiger partial charge in [0.2, 0.25) is 17.7 Å². The molecule has 1 saturated heterocycles. The number of hydrogen-bond acceptors (Lipinski definition) is 7. The molecule has 0 atom stereocenters. The number of pyridine rings is 1. The summed E-state index contributed by atoms with van der Waals surface area (Å²) in [5.41, 5.74) is 4.43. The van der Waals surface area contributed by atoms with Crippen LogP contribution in [0.4, 0.5) is 0 Å². The molecule has 0 radical (unpaired) electrons. The SMILES string of the molecule is Cn1cc(-c2cnc3[nH]cc(-c4nnc(Cc5ccc(C(=O)NCC(=O)N6CCCCC6)cc5Cl)o4)c3c2)cn1. The van der Waals surface area contributed by atoms with Crippen LogP contribution in [0, 0.1) is 0 Å². The van der Waals surface area contributed by atoms with E-state index in [2.05, 4.69) is 30.6 Å². The number of aryl methyl sites for hydroxylation is 1. The van der Waals surface area contributed by atoms with E-state index < -0.39 is 0 Å². The fourth-order valence-corrected chi connectivity index (χ4v) is 5.10. The molecule has 2 N–H and O–H groups in total. The molecule has 40 heavy (non-hydrogen) atoms. The molecule has 0 unspecified atom stereocenters. The average molecular weight is 559 g/mol. The smallest absolute Gasteiger partial charge is 0.251 e. The Labute approximate surface area is 234 Å². The molecule has 12 heteroatoms. The summed E-state index contributed by atoms with van der Waals surface area (Å²) < 4.78 is 7.72. The minimum absolute atomic E-state index is 0.0317. The minimum atomic E-state index is -0.350. The summed E-state index contributed by atoms with van der Waals surface area (Å²) >= 11 is 6.50. The Morgan fingerprint density at radius 1 is 1.10 bits per heavy atom. The third kappa shape index (κ3) is 5.32. The van der Waals surface area contributed by atoms with Crippen LogP contribution >= 0.6 is 11.6 Å². The van der Waals surface area contributed by atoms with Gasteiger partial charge in [0.1, 0.15) is 5.65 Å². The Hall–Kier alpha value is -4.51. The molecule has 6 rings (SSSR count). The second-order valence-corrected chi connectivity index (χ2v) is 10.2. The van der Waals surface area contributed by atoms with E-state index in [4.69, 9.17) is 16.0 Å². The molecule has 1 aromatic carbocycles. The first-order valence-electron chi connectivity index (χ1n) is 13.1. The van der Waals surface area contributed by atoms with Gasteiger partial charge in [0.25, 0.3) is 5.91 Å². The fraction of sp³-hybridized carbons (Fsp3) is 0.286. The number of halogens is 1. The second-order valence-electron chi connectivity index (χ2n) is 9.83. The summed E-state index contributed by atoms with van der Waals surface area (Å²) in [6.45, 7) is 1.46. The third-order valence-corrected chi connectivity index (χ3v) is 7.38. The highest BCUT2D eigenvalue weighted by Gasteiger charge is 2.19. The number of piperidine rings is 1. The Bertz CT molecular complexity index is 1700. The van der Waals surface area contributed by atoms with Crippen molar-refractivity contribution in [1.82, 2.24) is 40.2 Å². The highest BCUT2D eigenvalue weighted by molar-refractivity contribution is 6.31. The van der Waals surface area contributed by atoms with E-state index in [-0.39, 0.29) is 18.4 Å². The van der Waals surface area contributed by atoms with Gasteiger partial charge >= 0.3 is 0 Å². The number of nitrogens with one attached hydrogen (secondary N) is 2. The largest absolute Gasteiger partial charge is 0.420 e. The number of benzene rings is 1. The van der Waals surface area contributed by atoms with Crippen molar-refractivity contribution < 1.29 is 14.0 Å². The van der Waals surface area contributed by atoms with Gasteiger partial charge in [-0.15, -0.1) is 10.2 Å². The maximum Gasteiger partial charge on any atom is 0.251 e. The highest BCUT2D eigenvalue weighted by Crippen LogP contribution is 2.31. The molecule has 5 aromatic rings. The number of hydrogen-bond donors (Lipinski definition) is 2. The van der Waals surface area contributed by atoms with E-state index in [0.29, 0.717) is 34.4 Å². The summed E-state index contributed by atoms with van der Waals surface area (Å²) in [5.74, 6) is 0.323. The quantitative estimate of drug-likeness (QED) is 0.308. The Kier molecular flexibility index (Phi) is 7.04. The number of aromatic nitrogens is 6. The predicted octanol–water partition coefficient (Wildman–Crippen LogP) is 4.00. The Morgan fingerprint density at radius 3 is 2.73 bits per heavy atom. The van der Waals surface area contributed by atoms with Crippen LogP contribution in [-0.2, 0) is 18.3 Å². The molecule has 0 saturated carbocycles. The van der Waals surface area contributed by atoms with Crippen LogP contribution in [0.1, 0.15) is 41.1 Å². The van der Waals surface area contributed by atoms with Gasteiger partial charge in [-0.05, 0) is 43.0 Å². The van der Waals surface area contributed by atoms with Crippen LogP contribution in [0.2, 0.25) is 5.02 Å². The van der Waals surface area contributed by atoms with Crippen molar-refractivity contribution in [1.29, 1.82) is 0 Å². The number of likely N-dealkylation sites (tertiary alicyclic amines) is 1. The molecule has 0 bridgehead atoms. The van der Waals surface area contributed by atoms with Crippen LogP contribution in [0.25, 0.3) is 33.6 Å². The lowest BCUT2D eigenvalue weighted by Gasteiger charge is -2.26. The van der Waals surface area contributed by atoms with Gasteiger partial charge in [0, 0.05) is 65.8 Å². The zero-order valence-corrected chi connectivity index (χ0v) is 22.6. The molecule has 1 fully saturated rings. The lowest BCUT2D eigenvalue weighted by atomic mass is 10.1. The maximum atomic E-state index is 12.6. The lowest BCUT2D eigenvalue weighted by Crippen LogP contribution is -2.42. The molecular formula is C28H27ClN8O3. The fourth-order valence-electron chi connectivity index (χ4n) is 4.85. The summed E-state index contributed by atoms with van der Waals surface area (Å²) in [5, 5.41) is 16.6. The van der Waals surface area contributed by atoms with Crippen LogP contribution in [0.3, 0.4) is 0 Å². The summed E-state index contributed by atoms with van der Waals surface area (Å²) in [6, 6.07) is 7.02. The van der Waals surface area contributed by atoms with Crippen LogP contribution in [-0.4, -0.2) is 66.3 Å². The molecule has 2 amide bonds. The zero-order valence-electron chi connectivity index (χ0n) is 21.9. The summed E-state index contributed by atoms with van der Waals surface area (Å²) in [6.07, 6.45) is 10.7. The summed E-state index contributed by atoms with van der Waals surface area (Å²) in [7, 11) is 1.87. The van der Waals surface area contributed by atoms with E-state index >= 15 is 0 Å². The van der Waals surface area contributed by atoms with Gasteiger partial charge in [-0.25, -0.2) is 4.98 Å². The van der Waals surface area contributed by atoms with Crippen molar-refractivity contribution >= 4 is 34.4 Å². The molecule has 4 aromatic heterocycles. The van der Waals surface area contributed by atoms with Gasteiger partial charge < -0.3 is 19.6 Å². The highest BCUT2D eigenvalue weighted by atomic mass is 35.5. The van der Waals surface area contributed by atoms with Crippen LogP contribution < -0.4 is 5.32 Å². The van der Waals surface area contributed by atoms with E-state index in [0.717, 1.165) is 60.0 Å². The molecule has 1 aliphatic heterocycles. The molecule has 204 valence electrons. The molecule has 0 spiro atoms. The van der Waals surface area contributed by atoms with Crippen molar-refractivity contribution in [3.8, 4) is 22.6 Å². The normalized spacial score (nSPS) is 13.6. The average Bonchev–Trinajstić information content (AvgIpc) is 3.72. The first kappa shape index (κ1) is 25.8. The molecule has 0 aliphatic carbocycles. The number of rotatable bonds is 7. The summed E-state index contributed by atoms with van der Waals surface area (Å²) in [4.78, 5) is 34.4. The number of carbonyl (C=O) groups is 2. The zero-order chi connectivity index (χ0) is 27.6. The maximum absolute atomic E-state index is 12.6. The molecular weight excluding hydrogens is 532 g/mol. The van der Waals surface area contributed by atoms with E-state index in [1.807, 2.05) is 19.3 Å². The van der Waals surface area contributed by atoms with Crippen molar-refractivity contribution in [3.05, 3.63) is 71.1 Å². The number of H-pyrrole nitrogens is 1. The minimum Gasteiger partial charge on any atom is -0.420 e. The molecule has 11 nitrogen and oxygen atoms in total. The monoisotopic (exact) mass is 558 g/mol. The third-order valence-electron chi connectivity index (χ3n) is 7.03. The van der Waals surface area contributed by atoms with Gasteiger partial charge in [-0.3, -0.25) is 14.3 Å². The topological polar surface area (TPSA) is 135 Å².